The molecule has 0 bridgehead atoms. The summed E-state index contributed by atoms with van der Waals surface area (Å²) in [5.74, 6) is 0.657. The smallest absolute Gasteiger partial charge is 0.225 e. The van der Waals surface area contributed by atoms with Gasteiger partial charge in [-0.3, -0.25) is 9.69 Å². The van der Waals surface area contributed by atoms with Crippen LogP contribution in [0.15, 0.2) is 30.3 Å². The summed E-state index contributed by atoms with van der Waals surface area (Å²) in [6.07, 6.45) is 4.61. The molecule has 1 aromatic carbocycles. The van der Waals surface area contributed by atoms with Crippen LogP contribution in [0.1, 0.15) is 48.7 Å². The molecule has 0 spiro atoms. The van der Waals surface area contributed by atoms with E-state index >= 15 is 0 Å². The van der Waals surface area contributed by atoms with E-state index in [0.717, 1.165) is 57.0 Å². The first-order valence-electron chi connectivity index (χ1n) is 10.9. The van der Waals surface area contributed by atoms with Gasteiger partial charge in [0.05, 0.1) is 18.8 Å². The van der Waals surface area contributed by atoms with E-state index in [4.69, 9.17) is 4.74 Å². The topological polar surface area (TPSA) is 63.5 Å². The van der Waals surface area contributed by atoms with Crippen LogP contribution >= 0.6 is 0 Å². The van der Waals surface area contributed by atoms with Crippen molar-refractivity contribution in [2.45, 2.75) is 51.5 Å². The maximum absolute atomic E-state index is 12.6. The lowest BCUT2D eigenvalue weighted by molar-refractivity contribution is -0.137. The molecule has 154 valence electrons. The second kappa shape index (κ2) is 8.24. The van der Waals surface area contributed by atoms with Gasteiger partial charge in [0.1, 0.15) is 11.8 Å². The number of carbonyl (C=O) groups excluding carboxylic acids is 1. The van der Waals surface area contributed by atoms with Gasteiger partial charge in [-0.05, 0) is 18.4 Å². The third-order valence-electron chi connectivity index (χ3n) is 6.61. The average Bonchev–Trinajstić information content (AvgIpc) is 3.45. The number of hydrogen-bond acceptors (Lipinski definition) is 5. The second-order valence-electron chi connectivity index (χ2n) is 8.46. The van der Waals surface area contributed by atoms with Gasteiger partial charge in [-0.15, -0.1) is 5.10 Å². The van der Waals surface area contributed by atoms with E-state index in [-0.39, 0.29) is 12.0 Å². The summed E-state index contributed by atoms with van der Waals surface area (Å²) >= 11 is 0. The number of carbonyl (C=O) groups is 1. The number of aromatic nitrogens is 3. The maximum Gasteiger partial charge on any atom is 0.225 e. The van der Waals surface area contributed by atoms with Crippen molar-refractivity contribution in [2.24, 2.45) is 5.92 Å². The molecule has 1 unspecified atom stereocenters. The Balaban J connectivity index is 1.17. The van der Waals surface area contributed by atoms with Crippen molar-refractivity contribution in [3.05, 3.63) is 47.3 Å². The predicted molar refractivity (Wildman–Crippen MR) is 108 cm³/mol. The molecule has 1 atom stereocenters. The van der Waals surface area contributed by atoms with Crippen LogP contribution in [0.4, 0.5) is 0 Å². The number of piperazine rings is 1. The molecule has 7 nitrogen and oxygen atoms in total. The van der Waals surface area contributed by atoms with Crippen molar-refractivity contribution in [1.29, 1.82) is 0 Å². The number of rotatable bonds is 4. The van der Waals surface area contributed by atoms with E-state index < -0.39 is 0 Å². The Morgan fingerprint density at radius 1 is 1.07 bits per heavy atom. The van der Waals surface area contributed by atoms with Crippen LogP contribution in [-0.4, -0.2) is 56.9 Å². The molecule has 2 aromatic rings. The highest BCUT2D eigenvalue weighted by Crippen LogP contribution is 2.28. The van der Waals surface area contributed by atoms with E-state index in [9.17, 15) is 4.79 Å². The van der Waals surface area contributed by atoms with Gasteiger partial charge in [-0.25, -0.2) is 4.68 Å². The number of benzene rings is 1. The second-order valence-corrected chi connectivity index (χ2v) is 8.46. The monoisotopic (exact) mass is 395 g/mol. The minimum atomic E-state index is 0.0309. The molecule has 7 heteroatoms. The highest BCUT2D eigenvalue weighted by Gasteiger charge is 2.30. The van der Waals surface area contributed by atoms with E-state index in [1.165, 1.54) is 18.4 Å². The summed E-state index contributed by atoms with van der Waals surface area (Å²) in [5, 5.41) is 8.84. The first-order chi connectivity index (χ1) is 14.3. The van der Waals surface area contributed by atoms with Crippen LogP contribution < -0.4 is 0 Å². The molecule has 2 fully saturated rings. The first-order valence-corrected chi connectivity index (χ1v) is 10.9. The van der Waals surface area contributed by atoms with Crippen molar-refractivity contribution < 1.29 is 9.53 Å². The largest absolute Gasteiger partial charge is 0.365 e. The van der Waals surface area contributed by atoms with Gasteiger partial charge in [0.2, 0.25) is 5.91 Å². The summed E-state index contributed by atoms with van der Waals surface area (Å²) in [7, 11) is 0. The fraction of sp³-hybridized carbons (Fsp3) is 0.591. The lowest BCUT2D eigenvalue weighted by atomic mass is 10.1. The highest BCUT2D eigenvalue weighted by atomic mass is 16.5. The Hall–Kier alpha value is -2.25. The highest BCUT2D eigenvalue weighted by molar-refractivity contribution is 5.79. The summed E-state index contributed by atoms with van der Waals surface area (Å²) < 4.78 is 8.11. The normalized spacial score (nSPS) is 23.3. The molecule has 1 amide bonds. The minimum absolute atomic E-state index is 0.0309. The SMILES string of the molecule is O=C(C1CCCC1)N1CCN(Cc2nnn3c2COC(c2ccccc2)C3)CC1. The van der Waals surface area contributed by atoms with Crippen molar-refractivity contribution >= 4 is 5.91 Å². The molecule has 2 aliphatic heterocycles. The Labute approximate surface area is 171 Å². The molecule has 1 saturated heterocycles. The van der Waals surface area contributed by atoms with Crippen LogP contribution in [0, 0.1) is 5.92 Å². The zero-order valence-electron chi connectivity index (χ0n) is 16.9. The van der Waals surface area contributed by atoms with Crippen molar-refractivity contribution in [1.82, 2.24) is 24.8 Å². The number of ether oxygens (including phenoxy) is 1. The molecular formula is C22H29N5O2. The third-order valence-corrected chi connectivity index (χ3v) is 6.61. The summed E-state index contributed by atoms with van der Waals surface area (Å²) in [6, 6.07) is 10.3. The molecule has 1 aromatic heterocycles. The van der Waals surface area contributed by atoms with E-state index in [2.05, 4.69) is 32.2 Å². The van der Waals surface area contributed by atoms with Crippen molar-refractivity contribution in [2.75, 3.05) is 26.2 Å². The standard InChI is InChI=1S/C22H29N5O2/c28-22(18-8-4-5-9-18)26-12-10-25(11-13-26)14-19-20-16-29-21(15-27(20)24-23-19)17-6-2-1-3-7-17/h1-3,6-7,18,21H,4-5,8-16H2. The number of hydrogen-bond donors (Lipinski definition) is 0. The predicted octanol–water partition coefficient (Wildman–Crippen LogP) is 2.38. The third kappa shape index (κ3) is 3.94. The number of fused-ring (bicyclic) bond motifs is 1. The number of nitrogens with zero attached hydrogens (tertiary/aromatic N) is 5. The fourth-order valence-electron chi connectivity index (χ4n) is 4.82. The van der Waals surface area contributed by atoms with Crippen LogP contribution in [0.5, 0.6) is 0 Å². The average molecular weight is 396 g/mol. The Bertz CT molecular complexity index is 838. The molecule has 0 radical (unpaired) electrons. The Kier molecular flexibility index (Phi) is 5.33. The zero-order chi connectivity index (χ0) is 19.6. The molecule has 3 aliphatic rings. The fourth-order valence-corrected chi connectivity index (χ4v) is 4.82. The van der Waals surface area contributed by atoms with Crippen LogP contribution in [0.2, 0.25) is 0 Å². The molecule has 5 rings (SSSR count). The first kappa shape index (κ1) is 18.8. The van der Waals surface area contributed by atoms with Gasteiger partial charge in [-0.2, -0.15) is 0 Å². The molecule has 0 N–H and O–H groups in total. The maximum atomic E-state index is 12.6. The van der Waals surface area contributed by atoms with Gasteiger partial charge in [0.25, 0.3) is 0 Å². The number of amides is 1. The zero-order valence-corrected chi connectivity index (χ0v) is 16.9. The van der Waals surface area contributed by atoms with E-state index in [1.807, 2.05) is 22.9 Å². The van der Waals surface area contributed by atoms with Crippen LogP contribution in [-0.2, 0) is 29.2 Å². The summed E-state index contributed by atoms with van der Waals surface area (Å²) in [5.41, 5.74) is 3.27. The van der Waals surface area contributed by atoms with Crippen molar-refractivity contribution in [3.8, 4) is 0 Å². The van der Waals surface area contributed by atoms with Crippen molar-refractivity contribution in [3.63, 3.8) is 0 Å². The van der Waals surface area contributed by atoms with Crippen LogP contribution in [0.25, 0.3) is 0 Å². The van der Waals surface area contributed by atoms with Gasteiger partial charge in [-0.1, -0.05) is 48.4 Å². The molecule has 29 heavy (non-hydrogen) atoms. The lowest BCUT2D eigenvalue weighted by Gasteiger charge is -2.35. The molecule has 1 aliphatic carbocycles. The lowest BCUT2D eigenvalue weighted by Crippen LogP contribution is -2.49. The van der Waals surface area contributed by atoms with Gasteiger partial charge in [0.15, 0.2) is 0 Å². The molecular weight excluding hydrogens is 366 g/mol. The van der Waals surface area contributed by atoms with Gasteiger partial charge in [0, 0.05) is 38.6 Å². The summed E-state index contributed by atoms with van der Waals surface area (Å²) in [6.45, 7) is 5.48. The Morgan fingerprint density at radius 3 is 2.59 bits per heavy atom. The molecule has 1 saturated carbocycles. The van der Waals surface area contributed by atoms with Gasteiger partial charge >= 0.3 is 0 Å². The summed E-state index contributed by atoms with van der Waals surface area (Å²) in [4.78, 5) is 17.1. The Morgan fingerprint density at radius 2 is 1.83 bits per heavy atom. The van der Waals surface area contributed by atoms with E-state index in [0.29, 0.717) is 19.1 Å². The van der Waals surface area contributed by atoms with Gasteiger partial charge < -0.3 is 9.64 Å². The van der Waals surface area contributed by atoms with Crippen LogP contribution in [0.3, 0.4) is 0 Å². The molecule has 3 heterocycles. The van der Waals surface area contributed by atoms with E-state index in [1.54, 1.807) is 0 Å². The quantitative estimate of drug-likeness (QED) is 0.795. The minimum Gasteiger partial charge on any atom is -0.365 e.